The van der Waals surface area contributed by atoms with Gasteiger partial charge in [-0.1, -0.05) is 6.07 Å². The van der Waals surface area contributed by atoms with Gasteiger partial charge < -0.3 is 11.1 Å². The van der Waals surface area contributed by atoms with Crippen LogP contribution in [0.1, 0.15) is 5.56 Å². The van der Waals surface area contributed by atoms with Gasteiger partial charge in [0.25, 0.3) is 0 Å². The van der Waals surface area contributed by atoms with Crippen molar-refractivity contribution in [1.29, 1.82) is 0 Å². The average Bonchev–Trinajstić information content (AvgIpc) is 2.29. The molecule has 0 atom stereocenters. The molecule has 0 aliphatic rings. The number of aromatic nitrogens is 1. The molecule has 0 saturated heterocycles. The fraction of sp³-hybridized carbons (Fsp3) is 0.0833. The topological polar surface area (TPSA) is 50.9 Å². The summed E-state index contributed by atoms with van der Waals surface area (Å²) in [5, 5.41) is 2.99. The van der Waals surface area contributed by atoms with Gasteiger partial charge in [0, 0.05) is 24.6 Å². The molecule has 3 nitrogen and oxygen atoms in total. The molecule has 2 rings (SSSR count). The highest BCUT2D eigenvalue weighted by atomic mass is 19.1. The van der Waals surface area contributed by atoms with E-state index < -0.39 is 0 Å². The van der Waals surface area contributed by atoms with E-state index >= 15 is 0 Å². The quantitative estimate of drug-likeness (QED) is 0.776. The SMILES string of the molecule is Nc1ccc(NCc2cccnc2)c(F)c1. The normalized spacial score (nSPS) is 10.1. The van der Waals surface area contributed by atoms with E-state index in [4.69, 9.17) is 5.73 Å². The highest BCUT2D eigenvalue weighted by Crippen LogP contribution is 2.17. The van der Waals surface area contributed by atoms with Crippen molar-refractivity contribution in [3.8, 4) is 0 Å². The fourth-order valence-corrected chi connectivity index (χ4v) is 1.37. The minimum absolute atomic E-state index is 0.344. The number of nitrogen functional groups attached to an aromatic ring is 1. The molecule has 82 valence electrons. The van der Waals surface area contributed by atoms with Crippen LogP contribution in [0.2, 0.25) is 0 Å². The number of hydrogen-bond acceptors (Lipinski definition) is 3. The highest BCUT2D eigenvalue weighted by Gasteiger charge is 2.01. The lowest BCUT2D eigenvalue weighted by Crippen LogP contribution is -2.02. The first-order chi connectivity index (χ1) is 7.75. The Hall–Kier alpha value is -2.10. The summed E-state index contributed by atoms with van der Waals surface area (Å²) in [6.45, 7) is 0.536. The number of hydrogen-bond donors (Lipinski definition) is 2. The third kappa shape index (κ3) is 2.48. The van der Waals surface area contributed by atoms with Crippen LogP contribution in [0, 0.1) is 5.82 Å². The second-order valence-corrected chi connectivity index (χ2v) is 3.45. The van der Waals surface area contributed by atoms with Crippen molar-refractivity contribution < 1.29 is 4.39 Å². The Balaban J connectivity index is 2.05. The number of rotatable bonds is 3. The Labute approximate surface area is 93.1 Å². The zero-order chi connectivity index (χ0) is 11.4. The fourth-order valence-electron chi connectivity index (χ4n) is 1.37. The van der Waals surface area contributed by atoms with Crippen molar-refractivity contribution in [2.75, 3.05) is 11.1 Å². The van der Waals surface area contributed by atoms with Gasteiger partial charge in [0.15, 0.2) is 0 Å². The summed E-state index contributed by atoms with van der Waals surface area (Å²) in [5.74, 6) is -0.344. The van der Waals surface area contributed by atoms with Crippen LogP contribution in [0.15, 0.2) is 42.7 Å². The van der Waals surface area contributed by atoms with E-state index in [2.05, 4.69) is 10.3 Å². The molecule has 2 aromatic rings. The van der Waals surface area contributed by atoms with E-state index in [0.29, 0.717) is 17.9 Å². The number of nitrogens with two attached hydrogens (primary N) is 1. The molecule has 4 heteroatoms. The average molecular weight is 217 g/mol. The lowest BCUT2D eigenvalue weighted by Gasteiger charge is -2.07. The van der Waals surface area contributed by atoms with Crippen LogP contribution < -0.4 is 11.1 Å². The Morgan fingerprint density at radius 1 is 1.31 bits per heavy atom. The van der Waals surface area contributed by atoms with Gasteiger partial charge in [-0.25, -0.2) is 4.39 Å². The standard InChI is InChI=1S/C12H12FN3/c13-11-6-10(14)3-4-12(11)16-8-9-2-1-5-15-7-9/h1-7,16H,8,14H2. The molecule has 1 aromatic heterocycles. The summed E-state index contributed by atoms with van der Waals surface area (Å²) >= 11 is 0. The van der Waals surface area contributed by atoms with E-state index in [-0.39, 0.29) is 5.82 Å². The van der Waals surface area contributed by atoms with Crippen molar-refractivity contribution in [3.05, 3.63) is 54.1 Å². The van der Waals surface area contributed by atoms with Gasteiger partial charge in [0.05, 0.1) is 5.69 Å². The summed E-state index contributed by atoms with van der Waals surface area (Å²) in [4.78, 5) is 3.98. The molecule has 0 spiro atoms. The van der Waals surface area contributed by atoms with Crippen molar-refractivity contribution in [2.45, 2.75) is 6.54 Å². The van der Waals surface area contributed by atoms with Crippen LogP contribution in [0.3, 0.4) is 0 Å². The first kappa shape index (κ1) is 10.4. The molecule has 0 radical (unpaired) electrons. The van der Waals surface area contributed by atoms with Gasteiger partial charge in [-0.15, -0.1) is 0 Å². The predicted octanol–water partition coefficient (Wildman–Crippen LogP) is 2.42. The maximum Gasteiger partial charge on any atom is 0.148 e. The van der Waals surface area contributed by atoms with Gasteiger partial charge in [0.2, 0.25) is 0 Å². The van der Waals surface area contributed by atoms with Crippen molar-refractivity contribution >= 4 is 11.4 Å². The molecule has 3 N–H and O–H groups in total. The summed E-state index contributed by atoms with van der Waals surface area (Å²) < 4.78 is 13.4. The zero-order valence-corrected chi connectivity index (χ0v) is 8.65. The predicted molar refractivity (Wildman–Crippen MR) is 62.4 cm³/mol. The number of nitrogens with zero attached hydrogens (tertiary/aromatic N) is 1. The maximum absolute atomic E-state index is 13.4. The second-order valence-electron chi connectivity index (χ2n) is 3.45. The van der Waals surface area contributed by atoms with E-state index in [1.54, 1.807) is 24.5 Å². The van der Waals surface area contributed by atoms with Crippen LogP contribution in [0.4, 0.5) is 15.8 Å². The second kappa shape index (κ2) is 4.61. The first-order valence-corrected chi connectivity index (χ1v) is 4.93. The molecule has 0 aliphatic carbocycles. The molecular weight excluding hydrogens is 205 g/mol. The molecule has 0 amide bonds. The number of halogens is 1. The molecule has 1 aromatic carbocycles. The van der Waals surface area contributed by atoms with Crippen LogP contribution in [-0.4, -0.2) is 4.98 Å². The molecule has 0 unspecified atom stereocenters. The minimum atomic E-state index is -0.344. The number of anilines is 2. The lowest BCUT2D eigenvalue weighted by molar-refractivity contribution is 0.631. The summed E-state index contributed by atoms with van der Waals surface area (Å²) in [6.07, 6.45) is 3.44. The number of nitrogens with one attached hydrogen (secondary N) is 1. The third-order valence-electron chi connectivity index (χ3n) is 2.20. The lowest BCUT2D eigenvalue weighted by atomic mass is 10.2. The van der Waals surface area contributed by atoms with E-state index in [1.807, 2.05) is 12.1 Å². The minimum Gasteiger partial charge on any atom is -0.399 e. The van der Waals surface area contributed by atoms with Crippen molar-refractivity contribution in [1.82, 2.24) is 4.98 Å². The first-order valence-electron chi connectivity index (χ1n) is 4.93. The van der Waals surface area contributed by atoms with Gasteiger partial charge in [0.1, 0.15) is 5.82 Å². The Bertz CT molecular complexity index is 471. The molecule has 0 fully saturated rings. The monoisotopic (exact) mass is 217 g/mol. The smallest absolute Gasteiger partial charge is 0.148 e. The molecule has 0 bridgehead atoms. The van der Waals surface area contributed by atoms with Crippen LogP contribution >= 0.6 is 0 Å². The maximum atomic E-state index is 13.4. The molecule has 0 aliphatic heterocycles. The number of pyridine rings is 1. The summed E-state index contributed by atoms with van der Waals surface area (Å²) in [7, 11) is 0. The van der Waals surface area contributed by atoms with Crippen molar-refractivity contribution in [2.24, 2.45) is 0 Å². The Morgan fingerprint density at radius 2 is 2.19 bits per heavy atom. The number of benzene rings is 1. The molecule has 1 heterocycles. The molecule has 16 heavy (non-hydrogen) atoms. The van der Waals surface area contributed by atoms with Gasteiger partial charge in [-0.2, -0.15) is 0 Å². The van der Waals surface area contributed by atoms with Crippen LogP contribution in [0.5, 0.6) is 0 Å². The van der Waals surface area contributed by atoms with E-state index in [9.17, 15) is 4.39 Å². The molecular formula is C12H12FN3. The third-order valence-corrected chi connectivity index (χ3v) is 2.20. The zero-order valence-electron chi connectivity index (χ0n) is 8.65. The van der Waals surface area contributed by atoms with Crippen molar-refractivity contribution in [3.63, 3.8) is 0 Å². The summed E-state index contributed by atoms with van der Waals surface area (Å²) in [6, 6.07) is 8.35. The van der Waals surface area contributed by atoms with Gasteiger partial charge in [-0.3, -0.25) is 4.98 Å². The largest absolute Gasteiger partial charge is 0.399 e. The summed E-state index contributed by atoms with van der Waals surface area (Å²) in [5.41, 5.74) is 7.32. The highest BCUT2D eigenvalue weighted by molar-refractivity contribution is 5.52. The Morgan fingerprint density at radius 3 is 2.88 bits per heavy atom. The Kier molecular flexibility index (Phi) is 3.00. The van der Waals surface area contributed by atoms with E-state index in [1.165, 1.54) is 6.07 Å². The van der Waals surface area contributed by atoms with Crippen LogP contribution in [-0.2, 0) is 6.54 Å². The van der Waals surface area contributed by atoms with Gasteiger partial charge in [-0.05, 0) is 29.8 Å². The van der Waals surface area contributed by atoms with Crippen LogP contribution in [0.25, 0.3) is 0 Å². The van der Waals surface area contributed by atoms with Gasteiger partial charge >= 0.3 is 0 Å². The van der Waals surface area contributed by atoms with E-state index in [0.717, 1.165) is 5.56 Å². The molecule has 0 saturated carbocycles.